The molecule has 0 amide bonds. The van der Waals surface area contributed by atoms with Crippen LogP contribution in [0.2, 0.25) is 0 Å². The average Bonchev–Trinajstić information content (AvgIpc) is 3.45. The van der Waals surface area contributed by atoms with Gasteiger partial charge in [-0.25, -0.2) is 0 Å². The van der Waals surface area contributed by atoms with Gasteiger partial charge in [-0.3, -0.25) is 14.4 Å². The summed E-state index contributed by atoms with van der Waals surface area (Å²) in [4.78, 5) is 38.5. The molecule has 0 aromatic carbocycles. The van der Waals surface area contributed by atoms with Gasteiger partial charge >= 0.3 is 17.9 Å². The Kier molecular flexibility index (Phi) is 65.1. The standard InChI is InChI=1S/C73H132O6/c1-4-7-10-13-16-19-22-25-28-31-34-35-36-37-40-42-45-48-51-54-57-60-63-66-72(75)78-69-70(79-73(76)67-64-61-58-55-52-49-46-43-39-33-30-27-24-21-18-15-12-9-6-3)68-77-71(74)65-62-59-56-53-50-47-44-41-38-32-29-26-23-20-17-14-11-8-5-2/h18,21-22,25,27,30-31,34,36-37,70H,4-17,19-20,23-24,26,28-29,32-33,35,38-69H2,1-3H3/b21-18-,25-22-,30-27-,34-31-,37-36-. The third kappa shape index (κ3) is 65.8. The Morgan fingerprint density at radius 2 is 0.456 bits per heavy atom. The van der Waals surface area contributed by atoms with Gasteiger partial charge in [0.05, 0.1) is 0 Å². The average molecular weight is 1110 g/mol. The summed E-state index contributed by atoms with van der Waals surface area (Å²) in [5.74, 6) is -0.862. The maximum atomic E-state index is 13.0. The second kappa shape index (κ2) is 67.6. The first-order valence-electron chi connectivity index (χ1n) is 34.8. The number of esters is 3. The van der Waals surface area contributed by atoms with Crippen molar-refractivity contribution in [1.82, 2.24) is 0 Å². The van der Waals surface area contributed by atoms with Gasteiger partial charge in [0, 0.05) is 19.3 Å². The summed E-state index contributed by atoms with van der Waals surface area (Å²) in [5, 5.41) is 0. The van der Waals surface area contributed by atoms with E-state index in [9.17, 15) is 14.4 Å². The quantitative estimate of drug-likeness (QED) is 0.0261. The van der Waals surface area contributed by atoms with E-state index in [2.05, 4.69) is 81.5 Å². The largest absolute Gasteiger partial charge is 0.462 e. The fraction of sp³-hybridized carbons (Fsp3) is 0.822. The molecule has 0 N–H and O–H groups in total. The predicted molar refractivity (Wildman–Crippen MR) is 344 cm³/mol. The highest BCUT2D eigenvalue weighted by Crippen LogP contribution is 2.18. The highest BCUT2D eigenvalue weighted by molar-refractivity contribution is 5.71. The first-order valence-corrected chi connectivity index (χ1v) is 34.8. The van der Waals surface area contributed by atoms with E-state index in [0.29, 0.717) is 19.3 Å². The minimum atomic E-state index is -0.780. The number of hydrogen-bond donors (Lipinski definition) is 0. The third-order valence-electron chi connectivity index (χ3n) is 15.5. The van der Waals surface area contributed by atoms with Gasteiger partial charge in [0.2, 0.25) is 0 Å². The van der Waals surface area contributed by atoms with Crippen LogP contribution < -0.4 is 0 Å². The van der Waals surface area contributed by atoms with Crippen LogP contribution in [0.3, 0.4) is 0 Å². The molecule has 0 aromatic heterocycles. The minimum absolute atomic E-state index is 0.0745. The van der Waals surface area contributed by atoms with E-state index in [1.54, 1.807) is 0 Å². The van der Waals surface area contributed by atoms with Crippen molar-refractivity contribution in [2.45, 2.75) is 374 Å². The molecule has 6 nitrogen and oxygen atoms in total. The van der Waals surface area contributed by atoms with Crippen molar-refractivity contribution in [2.75, 3.05) is 13.2 Å². The lowest BCUT2D eigenvalue weighted by atomic mass is 10.0. The zero-order valence-electron chi connectivity index (χ0n) is 52.9. The van der Waals surface area contributed by atoms with Gasteiger partial charge in [0.1, 0.15) is 13.2 Å². The van der Waals surface area contributed by atoms with E-state index in [1.807, 2.05) is 0 Å². The molecule has 460 valence electrons. The lowest BCUT2D eigenvalue weighted by molar-refractivity contribution is -0.167. The summed E-state index contributed by atoms with van der Waals surface area (Å²) in [5.41, 5.74) is 0. The number of unbranched alkanes of at least 4 members (excludes halogenated alkanes) is 43. The Morgan fingerprint density at radius 1 is 0.253 bits per heavy atom. The smallest absolute Gasteiger partial charge is 0.306 e. The SMILES string of the molecule is CCCCC/C=C\C/C=C\CCCCCCCCCCCC(=O)OC(COC(=O)CCCCCCCCCC/C=C\C/C=C\C/C=C\CCCCCCC)COC(=O)CCCCCCCCCCCCCCCCCCCCC. The molecule has 0 aliphatic rings. The van der Waals surface area contributed by atoms with Crippen molar-refractivity contribution < 1.29 is 28.6 Å². The van der Waals surface area contributed by atoms with Crippen molar-refractivity contribution in [3.63, 3.8) is 0 Å². The fourth-order valence-corrected chi connectivity index (χ4v) is 10.2. The summed E-state index contributed by atoms with van der Waals surface area (Å²) < 4.78 is 17.0. The molecule has 79 heavy (non-hydrogen) atoms. The monoisotopic (exact) mass is 1110 g/mol. The first-order chi connectivity index (χ1) is 39.0. The van der Waals surface area contributed by atoms with E-state index in [0.717, 1.165) is 83.5 Å². The van der Waals surface area contributed by atoms with Crippen LogP contribution in [-0.2, 0) is 28.6 Å². The van der Waals surface area contributed by atoms with Gasteiger partial charge in [-0.1, -0.05) is 319 Å². The zero-order valence-corrected chi connectivity index (χ0v) is 52.9. The second-order valence-corrected chi connectivity index (χ2v) is 23.4. The Balaban J connectivity index is 4.36. The van der Waals surface area contributed by atoms with Gasteiger partial charge in [-0.15, -0.1) is 0 Å². The number of ether oxygens (including phenoxy) is 3. The fourth-order valence-electron chi connectivity index (χ4n) is 10.2. The summed E-state index contributed by atoms with van der Waals surface area (Å²) >= 11 is 0. The molecule has 0 saturated heterocycles. The van der Waals surface area contributed by atoms with Gasteiger partial charge in [0.15, 0.2) is 6.10 Å². The summed E-state index contributed by atoms with van der Waals surface area (Å²) in [6.45, 7) is 6.66. The number of rotatable bonds is 64. The molecule has 0 aromatic rings. The molecule has 0 spiro atoms. The minimum Gasteiger partial charge on any atom is -0.462 e. The molecule has 0 rings (SSSR count). The number of carbonyl (C=O) groups is 3. The van der Waals surface area contributed by atoms with Crippen molar-refractivity contribution >= 4 is 17.9 Å². The maximum absolute atomic E-state index is 13.0. The first kappa shape index (κ1) is 76.1. The van der Waals surface area contributed by atoms with Gasteiger partial charge in [-0.2, -0.15) is 0 Å². The van der Waals surface area contributed by atoms with Crippen molar-refractivity contribution in [3.8, 4) is 0 Å². The Morgan fingerprint density at radius 3 is 0.734 bits per heavy atom. The van der Waals surface area contributed by atoms with Gasteiger partial charge < -0.3 is 14.2 Å². The predicted octanol–water partition coefficient (Wildman–Crippen LogP) is 23.9. The van der Waals surface area contributed by atoms with Crippen LogP contribution in [0, 0.1) is 0 Å². The third-order valence-corrected chi connectivity index (χ3v) is 15.5. The van der Waals surface area contributed by atoms with E-state index in [1.165, 1.54) is 244 Å². The van der Waals surface area contributed by atoms with Crippen LogP contribution in [-0.4, -0.2) is 37.2 Å². The molecular weight excluding hydrogens is 973 g/mol. The van der Waals surface area contributed by atoms with Gasteiger partial charge in [0.25, 0.3) is 0 Å². The summed E-state index contributed by atoms with van der Waals surface area (Å²) in [6.07, 6.45) is 86.6. The van der Waals surface area contributed by atoms with Crippen molar-refractivity contribution in [2.24, 2.45) is 0 Å². The molecule has 0 radical (unpaired) electrons. The molecule has 1 atom stereocenters. The molecule has 0 heterocycles. The van der Waals surface area contributed by atoms with Crippen LogP contribution in [0.15, 0.2) is 60.8 Å². The molecule has 0 saturated carbocycles. The van der Waals surface area contributed by atoms with E-state index < -0.39 is 6.10 Å². The summed E-state index contributed by atoms with van der Waals surface area (Å²) in [6, 6.07) is 0. The highest BCUT2D eigenvalue weighted by atomic mass is 16.6. The Labute approximate surface area is 491 Å². The number of carbonyl (C=O) groups excluding carboxylic acids is 3. The number of allylic oxidation sites excluding steroid dienone is 10. The molecule has 6 heteroatoms. The molecule has 0 aliphatic heterocycles. The topological polar surface area (TPSA) is 78.9 Å². The van der Waals surface area contributed by atoms with Crippen molar-refractivity contribution in [3.05, 3.63) is 60.8 Å². The second-order valence-electron chi connectivity index (χ2n) is 23.4. The molecule has 0 bridgehead atoms. The van der Waals surface area contributed by atoms with E-state index >= 15 is 0 Å². The normalized spacial score (nSPS) is 12.4. The summed E-state index contributed by atoms with van der Waals surface area (Å²) in [7, 11) is 0. The number of hydrogen-bond acceptors (Lipinski definition) is 6. The molecule has 0 fully saturated rings. The van der Waals surface area contributed by atoms with E-state index in [-0.39, 0.29) is 31.1 Å². The lowest BCUT2D eigenvalue weighted by Crippen LogP contribution is -2.30. The van der Waals surface area contributed by atoms with Crippen molar-refractivity contribution in [1.29, 1.82) is 0 Å². The van der Waals surface area contributed by atoms with Crippen LogP contribution in [0.1, 0.15) is 367 Å². The van der Waals surface area contributed by atoms with Crippen LogP contribution in [0.5, 0.6) is 0 Å². The molecule has 0 aliphatic carbocycles. The highest BCUT2D eigenvalue weighted by Gasteiger charge is 2.19. The molecule has 1 unspecified atom stereocenters. The Bertz CT molecular complexity index is 1410. The van der Waals surface area contributed by atoms with Crippen LogP contribution in [0.4, 0.5) is 0 Å². The molecular formula is C73H132O6. The maximum Gasteiger partial charge on any atom is 0.306 e. The lowest BCUT2D eigenvalue weighted by Gasteiger charge is -2.18. The Hall–Kier alpha value is -2.89. The van der Waals surface area contributed by atoms with E-state index in [4.69, 9.17) is 14.2 Å². The van der Waals surface area contributed by atoms with Gasteiger partial charge in [-0.05, 0) is 89.9 Å². The van der Waals surface area contributed by atoms with Crippen LogP contribution in [0.25, 0.3) is 0 Å². The zero-order chi connectivity index (χ0) is 57.1. The van der Waals surface area contributed by atoms with Crippen LogP contribution >= 0.6 is 0 Å².